The smallest absolute Gasteiger partial charge is 0.238 e. The Morgan fingerprint density at radius 2 is 1.86 bits per heavy atom. The highest BCUT2D eigenvalue weighted by atomic mass is 79.9. The molecule has 3 N–H and O–H groups in total. The first-order chi connectivity index (χ1) is 9.77. The SMILES string of the molecule is NS(=O)(=O)c1ccc(NCc2cc(Br)ccc2Cl)c(Br)c1. The highest BCUT2D eigenvalue weighted by Crippen LogP contribution is 2.27. The van der Waals surface area contributed by atoms with E-state index in [4.69, 9.17) is 16.7 Å². The van der Waals surface area contributed by atoms with Crippen molar-refractivity contribution >= 4 is 59.2 Å². The van der Waals surface area contributed by atoms with Crippen LogP contribution in [0.15, 0.2) is 50.2 Å². The molecule has 2 aromatic rings. The summed E-state index contributed by atoms with van der Waals surface area (Å²) in [7, 11) is -3.71. The minimum absolute atomic E-state index is 0.0559. The van der Waals surface area contributed by atoms with Crippen LogP contribution in [0.1, 0.15) is 5.56 Å². The fraction of sp³-hybridized carbons (Fsp3) is 0.0769. The third kappa shape index (κ3) is 4.43. The number of rotatable bonds is 4. The number of halogens is 3. The minimum Gasteiger partial charge on any atom is -0.380 e. The molecule has 0 fully saturated rings. The van der Waals surface area contributed by atoms with E-state index >= 15 is 0 Å². The molecule has 0 spiro atoms. The third-order valence-electron chi connectivity index (χ3n) is 2.75. The molecule has 0 aliphatic carbocycles. The van der Waals surface area contributed by atoms with E-state index in [0.717, 1.165) is 15.7 Å². The summed E-state index contributed by atoms with van der Waals surface area (Å²) in [5, 5.41) is 8.93. The van der Waals surface area contributed by atoms with Crippen molar-refractivity contribution < 1.29 is 8.42 Å². The van der Waals surface area contributed by atoms with Crippen molar-refractivity contribution in [3.63, 3.8) is 0 Å². The average Bonchev–Trinajstić information content (AvgIpc) is 2.40. The molecule has 0 aliphatic heterocycles. The maximum atomic E-state index is 11.3. The summed E-state index contributed by atoms with van der Waals surface area (Å²) in [6.07, 6.45) is 0. The summed E-state index contributed by atoms with van der Waals surface area (Å²) < 4.78 is 24.1. The Morgan fingerprint density at radius 3 is 2.48 bits per heavy atom. The van der Waals surface area contributed by atoms with Crippen molar-refractivity contribution in [1.82, 2.24) is 0 Å². The first kappa shape index (κ1) is 16.8. The number of hydrogen-bond donors (Lipinski definition) is 2. The molecule has 8 heteroatoms. The highest BCUT2D eigenvalue weighted by molar-refractivity contribution is 9.10. The lowest BCUT2D eigenvalue weighted by Crippen LogP contribution is -2.12. The zero-order chi connectivity index (χ0) is 15.6. The predicted octanol–water partition coefficient (Wildman–Crippen LogP) is 4.12. The van der Waals surface area contributed by atoms with E-state index in [1.165, 1.54) is 12.1 Å². The summed E-state index contributed by atoms with van der Waals surface area (Å²) >= 11 is 12.8. The number of hydrogen-bond acceptors (Lipinski definition) is 3. The molecule has 2 rings (SSSR count). The number of sulfonamides is 1. The third-order valence-corrected chi connectivity index (χ3v) is 5.18. The maximum Gasteiger partial charge on any atom is 0.238 e. The lowest BCUT2D eigenvalue weighted by atomic mass is 10.2. The van der Waals surface area contributed by atoms with Crippen molar-refractivity contribution in [2.24, 2.45) is 5.14 Å². The maximum absolute atomic E-state index is 11.3. The van der Waals surface area contributed by atoms with Gasteiger partial charge in [-0.3, -0.25) is 0 Å². The van der Waals surface area contributed by atoms with Crippen LogP contribution < -0.4 is 10.5 Å². The molecule has 0 saturated carbocycles. The average molecular weight is 455 g/mol. The molecule has 21 heavy (non-hydrogen) atoms. The van der Waals surface area contributed by atoms with E-state index in [2.05, 4.69) is 37.2 Å². The van der Waals surface area contributed by atoms with Crippen LogP contribution in [0.3, 0.4) is 0 Å². The van der Waals surface area contributed by atoms with Crippen LogP contribution in [0.5, 0.6) is 0 Å². The van der Waals surface area contributed by atoms with Crippen molar-refractivity contribution in [2.75, 3.05) is 5.32 Å². The van der Waals surface area contributed by atoms with Gasteiger partial charge in [-0.05, 0) is 57.9 Å². The molecule has 0 heterocycles. The standard InChI is InChI=1S/C13H11Br2ClN2O2S/c14-9-1-3-12(16)8(5-9)7-18-13-4-2-10(6-11(13)15)21(17,19)20/h1-6,18H,7H2,(H2,17,19,20). The largest absolute Gasteiger partial charge is 0.380 e. The van der Waals surface area contributed by atoms with E-state index in [-0.39, 0.29) is 4.90 Å². The molecule has 0 saturated heterocycles. The Labute approximate surface area is 145 Å². The van der Waals surface area contributed by atoms with Gasteiger partial charge in [0.1, 0.15) is 0 Å². The molecule has 2 aromatic carbocycles. The van der Waals surface area contributed by atoms with E-state index in [9.17, 15) is 8.42 Å². The number of benzene rings is 2. The Bertz CT molecular complexity index is 782. The number of primary sulfonamides is 1. The highest BCUT2D eigenvalue weighted by Gasteiger charge is 2.10. The minimum atomic E-state index is -3.71. The van der Waals surface area contributed by atoms with Gasteiger partial charge in [-0.2, -0.15) is 0 Å². The van der Waals surface area contributed by atoms with Crippen LogP contribution >= 0.6 is 43.5 Å². The summed E-state index contributed by atoms with van der Waals surface area (Å²) in [5.74, 6) is 0. The van der Waals surface area contributed by atoms with Crippen LogP contribution in [0.2, 0.25) is 5.02 Å². The van der Waals surface area contributed by atoms with Crippen LogP contribution in [0, 0.1) is 0 Å². The van der Waals surface area contributed by atoms with Gasteiger partial charge in [0.05, 0.1) is 4.90 Å². The first-order valence-corrected chi connectivity index (χ1v) is 9.28. The summed E-state index contributed by atoms with van der Waals surface area (Å²) in [6.45, 7) is 0.506. The Hall–Kier alpha value is -0.600. The van der Waals surface area contributed by atoms with Gasteiger partial charge in [-0.15, -0.1) is 0 Å². The zero-order valence-corrected chi connectivity index (χ0v) is 15.4. The second kappa shape index (κ2) is 6.66. The normalized spacial score (nSPS) is 11.4. The number of nitrogens with two attached hydrogens (primary N) is 1. The molecule has 0 unspecified atom stereocenters. The van der Waals surface area contributed by atoms with Crippen LogP contribution in [-0.2, 0) is 16.6 Å². The number of nitrogens with one attached hydrogen (secondary N) is 1. The zero-order valence-electron chi connectivity index (χ0n) is 10.6. The van der Waals surface area contributed by atoms with Crippen molar-refractivity contribution in [1.29, 1.82) is 0 Å². The molecule has 112 valence electrons. The van der Waals surface area contributed by atoms with E-state index in [0.29, 0.717) is 16.0 Å². The molecule has 0 bridgehead atoms. The number of anilines is 1. The first-order valence-electron chi connectivity index (χ1n) is 5.77. The molecule has 0 amide bonds. The van der Waals surface area contributed by atoms with Gasteiger partial charge < -0.3 is 5.32 Å². The second-order valence-corrected chi connectivity index (χ2v) is 8.01. The van der Waals surface area contributed by atoms with Gasteiger partial charge in [0.15, 0.2) is 0 Å². The second-order valence-electron chi connectivity index (χ2n) is 4.28. The molecule has 4 nitrogen and oxygen atoms in total. The van der Waals surface area contributed by atoms with Crippen molar-refractivity contribution in [3.8, 4) is 0 Å². The molecule has 0 aromatic heterocycles. The predicted molar refractivity (Wildman–Crippen MR) is 92.0 cm³/mol. The lowest BCUT2D eigenvalue weighted by molar-refractivity contribution is 0.598. The molecule has 0 radical (unpaired) electrons. The van der Waals surface area contributed by atoms with Crippen LogP contribution in [0.25, 0.3) is 0 Å². The molecule has 0 atom stereocenters. The molecular formula is C13H11Br2ClN2O2S. The summed E-state index contributed by atoms with van der Waals surface area (Å²) in [4.78, 5) is 0.0559. The van der Waals surface area contributed by atoms with Gasteiger partial charge in [0, 0.05) is 26.2 Å². The van der Waals surface area contributed by atoms with Gasteiger partial charge in [-0.1, -0.05) is 27.5 Å². The quantitative estimate of drug-likeness (QED) is 0.730. The Kier molecular flexibility index (Phi) is 5.32. The van der Waals surface area contributed by atoms with Gasteiger partial charge >= 0.3 is 0 Å². The lowest BCUT2D eigenvalue weighted by Gasteiger charge is -2.11. The van der Waals surface area contributed by atoms with E-state index < -0.39 is 10.0 Å². The molecular weight excluding hydrogens is 443 g/mol. The van der Waals surface area contributed by atoms with Crippen LogP contribution in [-0.4, -0.2) is 8.42 Å². The Morgan fingerprint density at radius 1 is 1.14 bits per heavy atom. The summed E-state index contributed by atoms with van der Waals surface area (Å²) in [6, 6.07) is 10.1. The van der Waals surface area contributed by atoms with Crippen molar-refractivity contribution in [3.05, 3.63) is 55.9 Å². The van der Waals surface area contributed by atoms with Gasteiger partial charge in [-0.25, -0.2) is 13.6 Å². The monoisotopic (exact) mass is 452 g/mol. The van der Waals surface area contributed by atoms with Gasteiger partial charge in [0.2, 0.25) is 10.0 Å². The fourth-order valence-electron chi connectivity index (χ4n) is 1.69. The topological polar surface area (TPSA) is 72.2 Å². The van der Waals surface area contributed by atoms with Gasteiger partial charge in [0.25, 0.3) is 0 Å². The molecule has 0 aliphatic rings. The van der Waals surface area contributed by atoms with Crippen LogP contribution in [0.4, 0.5) is 5.69 Å². The van der Waals surface area contributed by atoms with E-state index in [1.54, 1.807) is 6.07 Å². The summed E-state index contributed by atoms with van der Waals surface area (Å²) in [5.41, 5.74) is 1.67. The fourth-order valence-corrected chi connectivity index (χ4v) is 3.49. The van der Waals surface area contributed by atoms with Crippen molar-refractivity contribution in [2.45, 2.75) is 11.4 Å². The Balaban J connectivity index is 2.19. The van der Waals surface area contributed by atoms with E-state index in [1.807, 2.05) is 18.2 Å².